The zero-order chi connectivity index (χ0) is 17.3. The summed E-state index contributed by atoms with van der Waals surface area (Å²) in [6, 6.07) is 11.4. The molecule has 4 heteroatoms. The van der Waals surface area contributed by atoms with Crippen molar-refractivity contribution in [2.24, 2.45) is 4.99 Å². The number of phenolic OH excluding ortho intramolecular Hbond substituents is 2. The number of hydrogen-bond donors (Lipinski definition) is 2. The minimum absolute atomic E-state index is 0.0653. The van der Waals surface area contributed by atoms with Crippen molar-refractivity contribution in [2.45, 2.75) is 26.7 Å². The molecule has 0 unspecified atom stereocenters. The maximum atomic E-state index is 10.4. The Morgan fingerprint density at radius 1 is 1.04 bits per heavy atom. The largest absolute Gasteiger partial charge is 0.508 e. The van der Waals surface area contributed by atoms with E-state index in [0.717, 1.165) is 16.9 Å². The van der Waals surface area contributed by atoms with E-state index >= 15 is 0 Å². The Hall–Kier alpha value is -2.75. The Morgan fingerprint density at radius 3 is 2.42 bits per heavy atom. The van der Waals surface area contributed by atoms with Crippen molar-refractivity contribution in [3.8, 4) is 11.5 Å². The van der Waals surface area contributed by atoms with E-state index in [-0.39, 0.29) is 17.4 Å². The number of aromatic hydroxyl groups is 2. The van der Waals surface area contributed by atoms with Crippen LogP contribution in [-0.2, 0) is 0 Å². The maximum Gasteiger partial charge on any atom is 0.128 e. The summed E-state index contributed by atoms with van der Waals surface area (Å²) in [6.45, 7) is 6.65. The van der Waals surface area contributed by atoms with Crippen LogP contribution in [0.3, 0.4) is 0 Å². The van der Waals surface area contributed by atoms with Crippen LogP contribution in [0.25, 0.3) is 5.70 Å². The van der Waals surface area contributed by atoms with Crippen molar-refractivity contribution in [3.63, 3.8) is 0 Å². The van der Waals surface area contributed by atoms with E-state index in [1.165, 1.54) is 11.6 Å². The molecule has 1 aliphatic heterocycles. The second-order valence-electron chi connectivity index (χ2n) is 6.36. The molecular formula is C20H22N2O2. The van der Waals surface area contributed by atoms with E-state index < -0.39 is 0 Å². The van der Waals surface area contributed by atoms with E-state index in [1.807, 2.05) is 62.1 Å². The van der Waals surface area contributed by atoms with Gasteiger partial charge in [-0.05, 0) is 42.7 Å². The van der Waals surface area contributed by atoms with Gasteiger partial charge >= 0.3 is 0 Å². The molecule has 0 aliphatic carbocycles. The highest BCUT2D eigenvalue weighted by molar-refractivity contribution is 5.99. The molecule has 0 atom stereocenters. The van der Waals surface area contributed by atoms with Gasteiger partial charge in [0.2, 0.25) is 0 Å². The molecule has 24 heavy (non-hydrogen) atoms. The summed E-state index contributed by atoms with van der Waals surface area (Å²) in [6.07, 6.45) is 3.76. The Morgan fingerprint density at radius 2 is 1.75 bits per heavy atom. The van der Waals surface area contributed by atoms with Crippen molar-refractivity contribution in [3.05, 3.63) is 59.2 Å². The summed E-state index contributed by atoms with van der Waals surface area (Å²) in [4.78, 5) is 6.29. The zero-order valence-electron chi connectivity index (χ0n) is 14.2. The fourth-order valence-corrected chi connectivity index (χ4v) is 2.84. The summed E-state index contributed by atoms with van der Waals surface area (Å²) in [5.74, 6) is 0.351. The van der Waals surface area contributed by atoms with Crippen LogP contribution < -0.4 is 4.90 Å². The van der Waals surface area contributed by atoms with Gasteiger partial charge in [-0.1, -0.05) is 31.5 Å². The lowest BCUT2D eigenvalue weighted by molar-refractivity contribution is 0.443. The molecule has 1 aliphatic rings. The van der Waals surface area contributed by atoms with Crippen molar-refractivity contribution < 1.29 is 10.2 Å². The predicted octanol–water partition coefficient (Wildman–Crippen LogP) is 4.42. The normalized spacial score (nSPS) is 14.2. The molecular weight excluding hydrogens is 300 g/mol. The lowest BCUT2D eigenvalue weighted by Gasteiger charge is -2.27. The monoisotopic (exact) mass is 322 g/mol. The second-order valence-corrected chi connectivity index (χ2v) is 6.36. The minimum Gasteiger partial charge on any atom is -0.508 e. The first-order chi connectivity index (χ1) is 11.5. The molecule has 0 amide bonds. The maximum absolute atomic E-state index is 10.4. The van der Waals surface area contributed by atoms with Gasteiger partial charge in [0.05, 0.1) is 18.6 Å². The second kappa shape index (κ2) is 6.40. The van der Waals surface area contributed by atoms with Gasteiger partial charge in [0, 0.05) is 17.3 Å². The first-order valence-electron chi connectivity index (χ1n) is 8.09. The standard InChI is InChI=1S/C20H22N2O2/c1-13(2)16-10-17(20(24)11-19(16)23)18-8-9-21-12-22(18)15-6-4-14(3)5-7-15/h4-8,10-13,23-24H,9H2,1-3H3. The first-order valence-corrected chi connectivity index (χ1v) is 8.09. The van der Waals surface area contributed by atoms with Crippen LogP contribution in [0.5, 0.6) is 11.5 Å². The van der Waals surface area contributed by atoms with Gasteiger partial charge in [0.15, 0.2) is 0 Å². The molecule has 0 saturated heterocycles. The molecule has 0 spiro atoms. The van der Waals surface area contributed by atoms with Gasteiger partial charge in [-0.15, -0.1) is 0 Å². The van der Waals surface area contributed by atoms with E-state index in [0.29, 0.717) is 12.1 Å². The molecule has 0 aromatic heterocycles. The number of rotatable bonds is 3. The van der Waals surface area contributed by atoms with Gasteiger partial charge in [-0.2, -0.15) is 0 Å². The number of anilines is 1. The molecule has 1 heterocycles. The Bertz CT molecular complexity index is 805. The van der Waals surface area contributed by atoms with Crippen molar-refractivity contribution in [1.82, 2.24) is 0 Å². The molecule has 3 rings (SSSR count). The average molecular weight is 322 g/mol. The number of aliphatic imine (C=N–C) groups is 1. The molecule has 4 nitrogen and oxygen atoms in total. The highest BCUT2D eigenvalue weighted by atomic mass is 16.3. The van der Waals surface area contributed by atoms with Gasteiger partial charge < -0.3 is 15.1 Å². The number of hydrogen-bond acceptors (Lipinski definition) is 4. The van der Waals surface area contributed by atoms with Crippen LogP contribution in [0.1, 0.15) is 36.5 Å². The van der Waals surface area contributed by atoms with E-state index in [9.17, 15) is 10.2 Å². The van der Waals surface area contributed by atoms with Crippen LogP contribution in [0, 0.1) is 6.92 Å². The van der Waals surface area contributed by atoms with Gasteiger partial charge in [-0.25, -0.2) is 0 Å². The predicted molar refractivity (Wildman–Crippen MR) is 98.9 cm³/mol. The van der Waals surface area contributed by atoms with Gasteiger partial charge in [0.1, 0.15) is 11.5 Å². The number of benzene rings is 2. The summed E-state index contributed by atoms with van der Waals surface area (Å²) in [7, 11) is 0. The summed E-state index contributed by atoms with van der Waals surface area (Å²) in [5.41, 5.74) is 4.55. The van der Waals surface area contributed by atoms with E-state index in [1.54, 1.807) is 6.34 Å². The van der Waals surface area contributed by atoms with Crippen LogP contribution in [-0.4, -0.2) is 23.1 Å². The first kappa shape index (κ1) is 16.1. The molecule has 2 aromatic rings. The van der Waals surface area contributed by atoms with Crippen LogP contribution in [0.4, 0.5) is 5.69 Å². The fourth-order valence-electron chi connectivity index (χ4n) is 2.84. The van der Waals surface area contributed by atoms with E-state index in [4.69, 9.17) is 0 Å². The lowest BCUT2D eigenvalue weighted by Crippen LogP contribution is -2.22. The van der Waals surface area contributed by atoms with Crippen LogP contribution in [0.2, 0.25) is 0 Å². The quantitative estimate of drug-likeness (QED) is 0.879. The fraction of sp³-hybridized carbons (Fsp3) is 0.250. The number of phenols is 2. The Balaban J connectivity index is 2.08. The van der Waals surface area contributed by atoms with E-state index in [2.05, 4.69) is 4.99 Å². The molecule has 0 saturated carbocycles. The molecule has 124 valence electrons. The topological polar surface area (TPSA) is 56.1 Å². The van der Waals surface area contributed by atoms with Crippen molar-refractivity contribution in [1.29, 1.82) is 0 Å². The SMILES string of the molecule is Cc1ccc(N2C=NCC=C2c2cc(C(C)C)c(O)cc2O)cc1. The highest BCUT2D eigenvalue weighted by Gasteiger charge is 2.20. The number of aryl methyl sites for hydroxylation is 1. The summed E-state index contributed by atoms with van der Waals surface area (Å²) in [5, 5.41) is 20.5. The molecule has 2 N–H and O–H groups in total. The molecule has 0 radical (unpaired) electrons. The Kier molecular flexibility index (Phi) is 4.30. The minimum atomic E-state index is 0.0653. The van der Waals surface area contributed by atoms with Gasteiger partial charge in [0.25, 0.3) is 0 Å². The zero-order valence-corrected chi connectivity index (χ0v) is 14.2. The third-order valence-electron chi connectivity index (χ3n) is 4.20. The lowest BCUT2D eigenvalue weighted by atomic mass is 9.96. The Labute approximate surface area is 142 Å². The smallest absolute Gasteiger partial charge is 0.128 e. The summed E-state index contributed by atoms with van der Waals surface area (Å²) < 4.78 is 0. The third-order valence-corrected chi connectivity index (χ3v) is 4.20. The van der Waals surface area contributed by atoms with Crippen molar-refractivity contribution >= 4 is 17.7 Å². The molecule has 2 aromatic carbocycles. The van der Waals surface area contributed by atoms with Crippen LogP contribution >= 0.6 is 0 Å². The number of nitrogens with zero attached hydrogens (tertiary/aromatic N) is 2. The molecule has 0 bridgehead atoms. The summed E-state index contributed by atoms with van der Waals surface area (Å²) >= 11 is 0. The van der Waals surface area contributed by atoms with Crippen LogP contribution in [0.15, 0.2) is 47.5 Å². The molecule has 0 fully saturated rings. The average Bonchev–Trinajstić information content (AvgIpc) is 2.55. The third kappa shape index (κ3) is 3.00. The highest BCUT2D eigenvalue weighted by Crippen LogP contribution is 2.38. The van der Waals surface area contributed by atoms with Gasteiger partial charge in [-0.3, -0.25) is 4.99 Å². The van der Waals surface area contributed by atoms with Crippen molar-refractivity contribution in [2.75, 3.05) is 11.4 Å².